The molecule has 5 heteroatoms. The van der Waals surface area contributed by atoms with Gasteiger partial charge in [-0.1, -0.05) is 25.5 Å². The molecule has 1 saturated heterocycles. The molecule has 0 saturated carbocycles. The van der Waals surface area contributed by atoms with Gasteiger partial charge in [0.25, 0.3) is 0 Å². The number of carboxylic acid groups (broad SMARTS) is 1. The molecule has 1 heterocycles. The Kier molecular flexibility index (Phi) is 5.59. The quantitative estimate of drug-likeness (QED) is 0.801. The number of carboxylic acids is 1. The molecular formula is C16H23NO4. The highest BCUT2D eigenvalue weighted by molar-refractivity contribution is 5.73. The second-order valence-corrected chi connectivity index (χ2v) is 5.47. The topological polar surface area (TPSA) is 81.8 Å². The van der Waals surface area contributed by atoms with Gasteiger partial charge in [-0.15, -0.1) is 0 Å². The van der Waals surface area contributed by atoms with E-state index in [1.54, 1.807) is 0 Å². The summed E-state index contributed by atoms with van der Waals surface area (Å²) in [6.45, 7) is 3.55. The van der Waals surface area contributed by atoms with Crippen molar-refractivity contribution < 1.29 is 19.4 Å². The van der Waals surface area contributed by atoms with Crippen molar-refractivity contribution in [2.24, 2.45) is 11.7 Å². The fraction of sp³-hybridized carbons (Fsp3) is 0.562. The molecule has 21 heavy (non-hydrogen) atoms. The van der Waals surface area contributed by atoms with Gasteiger partial charge < -0.3 is 20.3 Å². The van der Waals surface area contributed by atoms with Crippen LogP contribution in [0, 0.1) is 5.92 Å². The van der Waals surface area contributed by atoms with Gasteiger partial charge in [0.05, 0.1) is 6.10 Å². The van der Waals surface area contributed by atoms with Crippen LogP contribution >= 0.6 is 0 Å². The van der Waals surface area contributed by atoms with Crippen molar-refractivity contribution in [3.8, 4) is 5.75 Å². The van der Waals surface area contributed by atoms with E-state index in [9.17, 15) is 4.79 Å². The third kappa shape index (κ3) is 4.44. The van der Waals surface area contributed by atoms with E-state index < -0.39 is 12.0 Å². The van der Waals surface area contributed by atoms with Crippen LogP contribution in [-0.4, -0.2) is 36.4 Å². The van der Waals surface area contributed by atoms with E-state index in [0.29, 0.717) is 18.9 Å². The van der Waals surface area contributed by atoms with Gasteiger partial charge in [0, 0.05) is 6.61 Å². The minimum absolute atomic E-state index is 0.176. The van der Waals surface area contributed by atoms with Crippen molar-refractivity contribution in [3.63, 3.8) is 0 Å². The smallest absolute Gasteiger partial charge is 0.320 e. The molecule has 1 aromatic rings. The molecule has 0 amide bonds. The maximum absolute atomic E-state index is 10.7. The number of hydrogen-bond acceptors (Lipinski definition) is 4. The van der Waals surface area contributed by atoms with Gasteiger partial charge in [-0.2, -0.15) is 0 Å². The molecule has 0 aliphatic carbocycles. The standard InChI is InChI=1S/C16H23NO4/c1-2-12-7-8-20-15(12)10-21-13-5-3-11(4-6-13)9-14(17)16(18)19/h3-6,12,14-15H,2,7-10,17H2,1H3,(H,18,19). The zero-order valence-electron chi connectivity index (χ0n) is 12.3. The van der Waals surface area contributed by atoms with Crippen LogP contribution in [-0.2, 0) is 16.0 Å². The van der Waals surface area contributed by atoms with Crippen molar-refractivity contribution in [1.29, 1.82) is 0 Å². The number of nitrogens with two attached hydrogens (primary N) is 1. The molecule has 1 aromatic carbocycles. The van der Waals surface area contributed by atoms with Gasteiger partial charge in [-0.25, -0.2) is 0 Å². The summed E-state index contributed by atoms with van der Waals surface area (Å²) < 4.78 is 11.4. The molecular weight excluding hydrogens is 270 g/mol. The third-order valence-corrected chi connectivity index (χ3v) is 3.98. The van der Waals surface area contributed by atoms with Gasteiger partial charge in [-0.05, 0) is 36.5 Å². The number of rotatable bonds is 7. The van der Waals surface area contributed by atoms with E-state index in [1.807, 2.05) is 24.3 Å². The lowest BCUT2D eigenvalue weighted by molar-refractivity contribution is -0.138. The number of ether oxygens (including phenoxy) is 2. The summed E-state index contributed by atoms with van der Waals surface area (Å²) in [5.74, 6) is 0.366. The Morgan fingerprint density at radius 3 is 2.81 bits per heavy atom. The van der Waals surface area contributed by atoms with Crippen LogP contribution in [0.25, 0.3) is 0 Å². The normalized spacial score (nSPS) is 23.0. The summed E-state index contributed by atoms with van der Waals surface area (Å²) in [4.78, 5) is 10.7. The number of benzene rings is 1. The van der Waals surface area contributed by atoms with E-state index in [0.717, 1.165) is 30.8 Å². The molecule has 2 rings (SSSR count). The molecule has 0 radical (unpaired) electrons. The maximum atomic E-state index is 10.7. The second-order valence-electron chi connectivity index (χ2n) is 5.47. The SMILES string of the molecule is CCC1CCOC1COc1ccc(CC(N)C(=O)O)cc1. The van der Waals surface area contributed by atoms with E-state index in [1.165, 1.54) is 0 Å². The number of aliphatic carboxylic acids is 1. The molecule has 5 nitrogen and oxygen atoms in total. The van der Waals surface area contributed by atoms with Crippen LogP contribution in [0.4, 0.5) is 0 Å². The van der Waals surface area contributed by atoms with Crippen LogP contribution in [0.3, 0.4) is 0 Å². The fourth-order valence-corrected chi connectivity index (χ4v) is 2.59. The van der Waals surface area contributed by atoms with Gasteiger partial charge in [-0.3, -0.25) is 4.79 Å². The monoisotopic (exact) mass is 293 g/mol. The van der Waals surface area contributed by atoms with Crippen molar-refractivity contribution in [3.05, 3.63) is 29.8 Å². The summed E-state index contributed by atoms with van der Waals surface area (Å²) in [7, 11) is 0. The Labute approximate surface area is 125 Å². The van der Waals surface area contributed by atoms with E-state index >= 15 is 0 Å². The van der Waals surface area contributed by atoms with Gasteiger partial charge in [0.1, 0.15) is 18.4 Å². The van der Waals surface area contributed by atoms with Crippen molar-refractivity contribution in [2.45, 2.75) is 38.3 Å². The highest BCUT2D eigenvalue weighted by Gasteiger charge is 2.27. The minimum atomic E-state index is -0.987. The highest BCUT2D eigenvalue weighted by atomic mass is 16.5. The molecule has 0 aromatic heterocycles. The van der Waals surface area contributed by atoms with E-state index in [2.05, 4.69) is 6.92 Å². The lowest BCUT2D eigenvalue weighted by atomic mass is 9.99. The van der Waals surface area contributed by atoms with Crippen LogP contribution in [0.15, 0.2) is 24.3 Å². The van der Waals surface area contributed by atoms with Crippen LogP contribution in [0.1, 0.15) is 25.3 Å². The third-order valence-electron chi connectivity index (χ3n) is 3.98. The summed E-state index contributed by atoms with van der Waals surface area (Å²) in [6.07, 6.45) is 2.71. The Bertz CT molecular complexity index is 460. The summed E-state index contributed by atoms with van der Waals surface area (Å²) >= 11 is 0. The average Bonchev–Trinajstić information content (AvgIpc) is 2.94. The Morgan fingerprint density at radius 2 is 2.19 bits per heavy atom. The predicted molar refractivity (Wildman–Crippen MR) is 79.4 cm³/mol. The zero-order valence-corrected chi connectivity index (χ0v) is 12.3. The van der Waals surface area contributed by atoms with E-state index in [4.69, 9.17) is 20.3 Å². The molecule has 3 N–H and O–H groups in total. The van der Waals surface area contributed by atoms with Crippen molar-refractivity contribution in [2.75, 3.05) is 13.2 Å². The molecule has 0 bridgehead atoms. The Balaban J connectivity index is 1.83. The predicted octanol–water partition coefficient (Wildman–Crippen LogP) is 1.83. The average molecular weight is 293 g/mol. The van der Waals surface area contributed by atoms with Gasteiger partial charge in [0.2, 0.25) is 0 Å². The number of carbonyl (C=O) groups is 1. The highest BCUT2D eigenvalue weighted by Crippen LogP contribution is 2.24. The molecule has 1 fully saturated rings. The lowest BCUT2D eigenvalue weighted by Gasteiger charge is -2.17. The summed E-state index contributed by atoms with van der Waals surface area (Å²) in [5, 5.41) is 8.79. The van der Waals surface area contributed by atoms with Gasteiger partial charge in [0.15, 0.2) is 0 Å². The largest absolute Gasteiger partial charge is 0.491 e. The second kappa shape index (κ2) is 7.43. The molecule has 0 spiro atoms. The first-order chi connectivity index (χ1) is 10.1. The van der Waals surface area contributed by atoms with Crippen molar-refractivity contribution in [1.82, 2.24) is 0 Å². The minimum Gasteiger partial charge on any atom is -0.491 e. The first-order valence-electron chi connectivity index (χ1n) is 7.42. The summed E-state index contributed by atoms with van der Waals surface area (Å²) in [5.41, 5.74) is 6.40. The van der Waals surface area contributed by atoms with Crippen LogP contribution < -0.4 is 10.5 Å². The molecule has 3 unspecified atom stereocenters. The summed E-state index contributed by atoms with van der Waals surface area (Å²) in [6, 6.07) is 6.53. The zero-order chi connectivity index (χ0) is 15.2. The lowest BCUT2D eigenvalue weighted by Crippen LogP contribution is -2.32. The number of hydrogen-bond donors (Lipinski definition) is 2. The first-order valence-corrected chi connectivity index (χ1v) is 7.42. The fourth-order valence-electron chi connectivity index (χ4n) is 2.59. The maximum Gasteiger partial charge on any atom is 0.320 e. The Hall–Kier alpha value is -1.59. The van der Waals surface area contributed by atoms with E-state index in [-0.39, 0.29) is 6.10 Å². The molecule has 3 atom stereocenters. The van der Waals surface area contributed by atoms with Crippen molar-refractivity contribution >= 4 is 5.97 Å². The first kappa shape index (κ1) is 15.8. The molecule has 1 aliphatic heterocycles. The van der Waals surface area contributed by atoms with Crippen LogP contribution in [0.2, 0.25) is 0 Å². The van der Waals surface area contributed by atoms with Crippen LogP contribution in [0.5, 0.6) is 5.75 Å². The Morgan fingerprint density at radius 1 is 1.48 bits per heavy atom. The molecule has 116 valence electrons. The molecule has 1 aliphatic rings. The van der Waals surface area contributed by atoms with Gasteiger partial charge >= 0.3 is 5.97 Å².